The standard InChI is InChI=1S/C19H18N4O4/c1-26-19-16(23(24)25)12-14-11-15(13-5-3-2-4-6-13)18(20-17(14)21-19)22-7-9-27-10-8-22/h2-6,11-12H,7-10H2,1H3. The molecule has 1 saturated heterocycles. The number of hydrogen-bond donors (Lipinski definition) is 0. The van der Waals surface area contributed by atoms with E-state index in [2.05, 4.69) is 9.88 Å². The van der Waals surface area contributed by atoms with Gasteiger partial charge in [0.15, 0.2) is 5.65 Å². The predicted molar refractivity (Wildman–Crippen MR) is 101 cm³/mol. The van der Waals surface area contributed by atoms with Crippen LogP contribution in [-0.4, -0.2) is 48.3 Å². The van der Waals surface area contributed by atoms with Gasteiger partial charge in [0.25, 0.3) is 5.88 Å². The van der Waals surface area contributed by atoms with Gasteiger partial charge >= 0.3 is 5.69 Å². The zero-order valence-corrected chi connectivity index (χ0v) is 14.8. The SMILES string of the molecule is COc1nc2nc(N3CCOCC3)c(-c3ccccc3)cc2cc1[N+](=O)[O-]. The summed E-state index contributed by atoms with van der Waals surface area (Å²) in [6, 6.07) is 13.2. The number of morpholine rings is 1. The number of ether oxygens (including phenoxy) is 2. The largest absolute Gasteiger partial charge is 0.476 e. The Bertz CT molecular complexity index is 988. The lowest BCUT2D eigenvalue weighted by Crippen LogP contribution is -2.37. The number of anilines is 1. The second-order valence-electron chi connectivity index (χ2n) is 6.15. The highest BCUT2D eigenvalue weighted by Crippen LogP contribution is 2.35. The summed E-state index contributed by atoms with van der Waals surface area (Å²) < 4.78 is 10.5. The van der Waals surface area contributed by atoms with E-state index in [1.165, 1.54) is 13.2 Å². The molecule has 1 aromatic carbocycles. The van der Waals surface area contributed by atoms with E-state index in [1.54, 1.807) is 0 Å². The second-order valence-corrected chi connectivity index (χ2v) is 6.15. The molecule has 0 amide bonds. The average Bonchev–Trinajstić information content (AvgIpc) is 2.73. The van der Waals surface area contributed by atoms with Crippen molar-refractivity contribution in [2.75, 3.05) is 38.3 Å². The summed E-state index contributed by atoms with van der Waals surface area (Å²) in [4.78, 5) is 22.0. The van der Waals surface area contributed by atoms with Crippen molar-refractivity contribution in [3.05, 3.63) is 52.6 Å². The number of fused-ring (bicyclic) bond motifs is 1. The molecule has 0 spiro atoms. The van der Waals surface area contributed by atoms with Crippen LogP contribution in [0, 0.1) is 10.1 Å². The molecule has 0 radical (unpaired) electrons. The molecule has 0 unspecified atom stereocenters. The molecule has 3 heterocycles. The summed E-state index contributed by atoms with van der Waals surface area (Å²) in [5.74, 6) is 0.751. The van der Waals surface area contributed by atoms with Crippen LogP contribution >= 0.6 is 0 Å². The van der Waals surface area contributed by atoms with Crippen molar-refractivity contribution in [3.63, 3.8) is 0 Å². The number of nitrogens with zero attached hydrogens (tertiary/aromatic N) is 4. The molecule has 1 aliphatic rings. The van der Waals surface area contributed by atoms with Gasteiger partial charge in [-0.25, -0.2) is 4.98 Å². The number of benzene rings is 1. The van der Waals surface area contributed by atoms with Crippen LogP contribution < -0.4 is 9.64 Å². The molecule has 27 heavy (non-hydrogen) atoms. The summed E-state index contributed by atoms with van der Waals surface area (Å²) in [7, 11) is 1.36. The van der Waals surface area contributed by atoms with Crippen molar-refractivity contribution in [3.8, 4) is 17.0 Å². The van der Waals surface area contributed by atoms with E-state index in [4.69, 9.17) is 14.5 Å². The second kappa shape index (κ2) is 7.16. The molecular formula is C19H18N4O4. The molecular weight excluding hydrogens is 348 g/mol. The monoisotopic (exact) mass is 366 g/mol. The van der Waals surface area contributed by atoms with Gasteiger partial charge in [-0.05, 0) is 11.6 Å². The van der Waals surface area contributed by atoms with Gasteiger partial charge in [-0.1, -0.05) is 30.3 Å². The fourth-order valence-corrected chi connectivity index (χ4v) is 3.20. The van der Waals surface area contributed by atoms with Gasteiger partial charge in [-0.3, -0.25) is 10.1 Å². The Balaban J connectivity index is 1.95. The Labute approximate surface area is 155 Å². The van der Waals surface area contributed by atoms with Crippen molar-refractivity contribution < 1.29 is 14.4 Å². The summed E-state index contributed by atoms with van der Waals surface area (Å²) in [6.07, 6.45) is 0. The molecule has 0 saturated carbocycles. The summed E-state index contributed by atoms with van der Waals surface area (Å²) in [6.45, 7) is 2.71. The lowest BCUT2D eigenvalue weighted by Gasteiger charge is -2.29. The van der Waals surface area contributed by atoms with E-state index in [1.807, 2.05) is 36.4 Å². The number of hydrogen-bond acceptors (Lipinski definition) is 7. The van der Waals surface area contributed by atoms with E-state index in [9.17, 15) is 10.1 Å². The number of rotatable bonds is 4. The topological polar surface area (TPSA) is 90.6 Å². The molecule has 2 aromatic heterocycles. The minimum absolute atomic E-state index is 0.0413. The lowest BCUT2D eigenvalue weighted by atomic mass is 10.0. The molecule has 0 bridgehead atoms. The van der Waals surface area contributed by atoms with Gasteiger partial charge < -0.3 is 14.4 Å². The summed E-state index contributed by atoms with van der Waals surface area (Å²) in [5, 5.41) is 11.9. The predicted octanol–water partition coefficient (Wildman–Crippen LogP) is 3.05. The van der Waals surface area contributed by atoms with Crippen molar-refractivity contribution in [2.24, 2.45) is 0 Å². The molecule has 138 valence electrons. The van der Waals surface area contributed by atoms with Crippen LogP contribution in [0.25, 0.3) is 22.2 Å². The van der Waals surface area contributed by atoms with E-state index in [-0.39, 0.29) is 11.6 Å². The molecule has 1 aliphatic heterocycles. The van der Waals surface area contributed by atoms with Crippen molar-refractivity contribution in [1.29, 1.82) is 0 Å². The first-order chi connectivity index (χ1) is 13.2. The highest BCUT2D eigenvalue weighted by molar-refractivity contribution is 5.89. The zero-order chi connectivity index (χ0) is 18.8. The van der Waals surface area contributed by atoms with Crippen LogP contribution in [0.4, 0.5) is 11.5 Å². The van der Waals surface area contributed by atoms with E-state index < -0.39 is 4.92 Å². The highest BCUT2D eigenvalue weighted by Gasteiger charge is 2.22. The smallest absolute Gasteiger partial charge is 0.331 e. The summed E-state index contributed by atoms with van der Waals surface area (Å²) >= 11 is 0. The van der Waals surface area contributed by atoms with Crippen LogP contribution in [0.15, 0.2) is 42.5 Å². The maximum atomic E-state index is 11.3. The zero-order valence-electron chi connectivity index (χ0n) is 14.8. The van der Waals surface area contributed by atoms with Crippen LogP contribution in [0.3, 0.4) is 0 Å². The Morgan fingerprint density at radius 3 is 2.56 bits per heavy atom. The number of methoxy groups -OCH3 is 1. The molecule has 3 aromatic rings. The molecule has 0 N–H and O–H groups in total. The number of nitro groups is 1. The minimum Gasteiger partial charge on any atom is -0.476 e. The van der Waals surface area contributed by atoms with Gasteiger partial charge in [0.05, 0.1) is 25.2 Å². The molecule has 4 rings (SSSR count). The molecule has 0 atom stereocenters. The molecule has 8 nitrogen and oxygen atoms in total. The van der Waals surface area contributed by atoms with Gasteiger partial charge in [-0.2, -0.15) is 4.98 Å². The third-order valence-electron chi connectivity index (χ3n) is 4.51. The fourth-order valence-electron chi connectivity index (χ4n) is 3.20. The number of pyridine rings is 2. The van der Waals surface area contributed by atoms with Crippen molar-refractivity contribution >= 4 is 22.5 Å². The first kappa shape index (κ1) is 17.2. The highest BCUT2D eigenvalue weighted by atomic mass is 16.6. The average molecular weight is 366 g/mol. The normalized spacial score (nSPS) is 14.3. The first-order valence-electron chi connectivity index (χ1n) is 8.59. The van der Waals surface area contributed by atoms with Crippen LogP contribution in [0.5, 0.6) is 5.88 Å². The third kappa shape index (κ3) is 3.26. The Morgan fingerprint density at radius 2 is 1.89 bits per heavy atom. The van der Waals surface area contributed by atoms with Crippen molar-refractivity contribution in [1.82, 2.24) is 9.97 Å². The third-order valence-corrected chi connectivity index (χ3v) is 4.51. The van der Waals surface area contributed by atoms with E-state index >= 15 is 0 Å². The minimum atomic E-state index is -0.497. The molecule has 0 aliphatic carbocycles. The maximum absolute atomic E-state index is 11.3. The fraction of sp³-hybridized carbons (Fsp3) is 0.263. The molecule has 8 heteroatoms. The van der Waals surface area contributed by atoms with Gasteiger partial charge in [0.1, 0.15) is 5.82 Å². The van der Waals surface area contributed by atoms with Gasteiger partial charge in [-0.15, -0.1) is 0 Å². The van der Waals surface area contributed by atoms with E-state index in [0.29, 0.717) is 24.2 Å². The summed E-state index contributed by atoms with van der Waals surface area (Å²) in [5.41, 5.74) is 2.14. The lowest BCUT2D eigenvalue weighted by molar-refractivity contribution is -0.386. The first-order valence-corrected chi connectivity index (χ1v) is 8.59. The van der Waals surface area contributed by atoms with Gasteiger partial charge in [0, 0.05) is 30.1 Å². The maximum Gasteiger partial charge on any atom is 0.331 e. The van der Waals surface area contributed by atoms with Crippen LogP contribution in [0.2, 0.25) is 0 Å². The van der Waals surface area contributed by atoms with Crippen molar-refractivity contribution in [2.45, 2.75) is 0 Å². The quantitative estimate of drug-likeness (QED) is 0.518. The Kier molecular flexibility index (Phi) is 4.55. The number of aromatic nitrogens is 2. The van der Waals surface area contributed by atoms with E-state index in [0.717, 1.165) is 30.0 Å². The van der Waals surface area contributed by atoms with Crippen LogP contribution in [-0.2, 0) is 4.74 Å². The molecule has 1 fully saturated rings. The Hall–Kier alpha value is -3.26. The Morgan fingerprint density at radius 1 is 1.15 bits per heavy atom. The van der Waals surface area contributed by atoms with Crippen LogP contribution in [0.1, 0.15) is 0 Å². The van der Waals surface area contributed by atoms with Gasteiger partial charge in [0.2, 0.25) is 0 Å².